The molecule has 0 unspecified atom stereocenters. The minimum atomic E-state index is -0.442. The van der Waals surface area contributed by atoms with Crippen molar-refractivity contribution in [3.05, 3.63) is 34.6 Å². The lowest BCUT2D eigenvalue weighted by molar-refractivity contribution is 0.0286. The zero-order valence-electron chi connectivity index (χ0n) is 12.4. The van der Waals surface area contributed by atoms with Crippen molar-refractivity contribution in [2.24, 2.45) is 5.41 Å². The Balaban J connectivity index is 0.00000220. The van der Waals surface area contributed by atoms with E-state index < -0.39 is 5.41 Å². The van der Waals surface area contributed by atoms with Gasteiger partial charge in [-0.15, -0.1) is 12.4 Å². The zero-order valence-corrected chi connectivity index (χ0v) is 14.0. The summed E-state index contributed by atoms with van der Waals surface area (Å²) in [5, 5.41) is 13.5. The second-order valence-electron chi connectivity index (χ2n) is 6.00. The van der Waals surface area contributed by atoms with E-state index in [1.807, 2.05) is 13.8 Å². The summed E-state index contributed by atoms with van der Waals surface area (Å²) in [6.45, 7) is 7.33. The van der Waals surface area contributed by atoms with Crippen molar-refractivity contribution in [1.29, 1.82) is 0 Å². The molecule has 0 aliphatic carbocycles. The minimum Gasteiger partial charge on any atom is -0.396 e. The van der Waals surface area contributed by atoms with Crippen molar-refractivity contribution in [1.82, 2.24) is 10.2 Å². The first kappa shape index (κ1) is 18.7. The molecular formula is C15H23Cl2FN2O. The lowest BCUT2D eigenvalue weighted by Gasteiger charge is -2.43. The third-order valence-corrected chi connectivity index (χ3v) is 4.15. The molecule has 0 aromatic heterocycles. The summed E-state index contributed by atoms with van der Waals surface area (Å²) < 4.78 is 14.3. The molecule has 1 aromatic rings. The van der Waals surface area contributed by atoms with Gasteiger partial charge in [0.05, 0.1) is 0 Å². The van der Waals surface area contributed by atoms with Crippen LogP contribution in [-0.2, 0) is 0 Å². The van der Waals surface area contributed by atoms with Crippen LogP contribution in [0.3, 0.4) is 0 Å². The summed E-state index contributed by atoms with van der Waals surface area (Å²) in [5.41, 5.74) is 0.126. The maximum absolute atomic E-state index is 14.3. The van der Waals surface area contributed by atoms with Crippen molar-refractivity contribution < 1.29 is 9.50 Å². The molecule has 0 saturated carbocycles. The Bertz CT molecular complexity index is 465. The predicted octanol–water partition coefficient (Wildman–Crippen LogP) is 2.87. The van der Waals surface area contributed by atoms with Gasteiger partial charge in [-0.2, -0.15) is 0 Å². The summed E-state index contributed by atoms with van der Waals surface area (Å²) in [5.74, 6) is -0.264. The normalized spacial score (nSPS) is 18.1. The van der Waals surface area contributed by atoms with Crippen LogP contribution >= 0.6 is 24.0 Å². The molecule has 1 saturated heterocycles. The van der Waals surface area contributed by atoms with Gasteiger partial charge in [-0.3, -0.25) is 4.90 Å². The second-order valence-corrected chi connectivity index (χ2v) is 6.44. The molecule has 1 heterocycles. The molecule has 0 amide bonds. The lowest BCUT2D eigenvalue weighted by Crippen LogP contribution is -2.49. The monoisotopic (exact) mass is 336 g/mol. The highest BCUT2D eigenvalue weighted by atomic mass is 35.5. The molecule has 120 valence electrons. The van der Waals surface area contributed by atoms with Crippen molar-refractivity contribution in [3.63, 3.8) is 0 Å². The van der Waals surface area contributed by atoms with Gasteiger partial charge in [-0.1, -0.05) is 25.4 Å². The fourth-order valence-corrected chi connectivity index (χ4v) is 3.04. The Morgan fingerprint density at radius 3 is 2.57 bits per heavy atom. The van der Waals surface area contributed by atoms with Gasteiger partial charge in [0.25, 0.3) is 0 Å². The van der Waals surface area contributed by atoms with Gasteiger partial charge in [0, 0.05) is 54.8 Å². The maximum Gasteiger partial charge on any atom is 0.128 e. The fraction of sp³-hybridized carbons (Fsp3) is 0.600. The number of halogens is 3. The number of aliphatic hydroxyl groups excluding tert-OH is 1. The van der Waals surface area contributed by atoms with Crippen LogP contribution in [0.5, 0.6) is 0 Å². The molecule has 2 rings (SSSR count). The summed E-state index contributed by atoms with van der Waals surface area (Å²) in [7, 11) is 0. The predicted molar refractivity (Wildman–Crippen MR) is 86.7 cm³/mol. The van der Waals surface area contributed by atoms with Crippen LogP contribution in [0.25, 0.3) is 0 Å². The third-order valence-electron chi connectivity index (χ3n) is 3.92. The zero-order chi connectivity index (χ0) is 14.8. The largest absolute Gasteiger partial charge is 0.396 e. The van der Waals surface area contributed by atoms with Gasteiger partial charge in [0.15, 0.2) is 0 Å². The molecular weight excluding hydrogens is 314 g/mol. The summed E-state index contributed by atoms with van der Waals surface area (Å²) >= 11 is 6.03. The Labute approximate surface area is 136 Å². The summed E-state index contributed by atoms with van der Waals surface area (Å²) in [6.07, 6.45) is 0. The summed E-state index contributed by atoms with van der Waals surface area (Å²) in [6, 6.07) is 4.45. The highest BCUT2D eigenvalue weighted by Crippen LogP contribution is 2.40. The Morgan fingerprint density at radius 1 is 1.38 bits per heavy atom. The SMILES string of the molecule is CC(C)(CO)[C@H](c1cc(Cl)ccc1F)N1CCNCC1.Cl. The number of nitrogens with zero attached hydrogens (tertiary/aromatic N) is 1. The molecule has 0 radical (unpaired) electrons. The van der Waals surface area contributed by atoms with E-state index >= 15 is 0 Å². The van der Waals surface area contributed by atoms with E-state index in [0.717, 1.165) is 26.2 Å². The molecule has 2 N–H and O–H groups in total. The van der Waals surface area contributed by atoms with Gasteiger partial charge in [-0.05, 0) is 18.2 Å². The molecule has 3 nitrogen and oxygen atoms in total. The van der Waals surface area contributed by atoms with E-state index in [4.69, 9.17) is 11.6 Å². The van der Waals surface area contributed by atoms with Crippen molar-refractivity contribution >= 4 is 24.0 Å². The first-order chi connectivity index (χ1) is 9.45. The maximum atomic E-state index is 14.3. The van der Waals surface area contributed by atoms with Crippen molar-refractivity contribution in [3.8, 4) is 0 Å². The molecule has 1 aliphatic rings. The number of piperazine rings is 1. The number of nitrogens with one attached hydrogen (secondary N) is 1. The number of aliphatic hydroxyl groups is 1. The van der Waals surface area contributed by atoms with Crippen LogP contribution < -0.4 is 5.32 Å². The molecule has 1 aromatic carbocycles. The topological polar surface area (TPSA) is 35.5 Å². The van der Waals surface area contributed by atoms with Gasteiger partial charge >= 0.3 is 0 Å². The highest BCUT2D eigenvalue weighted by Gasteiger charge is 2.37. The molecule has 21 heavy (non-hydrogen) atoms. The second kappa shape index (κ2) is 7.75. The Morgan fingerprint density at radius 2 is 2.00 bits per heavy atom. The standard InChI is InChI=1S/C15H22ClFN2O.ClH/c1-15(2,10-20)14(19-7-5-18-6-8-19)12-9-11(16)3-4-13(12)17;/h3-4,9,14,18,20H,5-8,10H2,1-2H3;1H/t14-;/m0./s1. The quantitative estimate of drug-likeness (QED) is 0.887. The first-order valence-electron chi connectivity index (χ1n) is 6.96. The smallest absolute Gasteiger partial charge is 0.128 e. The van der Waals surface area contributed by atoms with Crippen LogP contribution in [0.15, 0.2) is 18.2 Å². The molecule has 0 spiro atoms. The molecule has 6 heteroatoms. The number of hydrogen-bond acceptors (Lipinski definition) is 3. The average molecular weight is 337 g/mol. The minimum absolute atomic E-state index is 0. The highest BCUT2D eigenvalue weighted by molar-refractivity contribution is 6.30. The Hall–Kier alpha value is -0.390. The van der Waals surface area contributed by atoms with E-state index in [2.05, 4.69) is 10.2 Å². The van der Waals surface area contributed by atoms with E-state index in [1.54, 1.807) is 12.1 Å². The van der Waals surface area contributed by atoms with Gasteiger partial charge in [0.1, 0.15) is 5.82 Å². The lowest BCUT2D eigenvalue weighted by atomic mass is 9.79. The summed E-state index contributed by atoms with van der Waals surface area (Å²) in [4.78, 5) is 2.22. The number of hydrogen-bond donors (Lipinski definition) is 2. The van der Waals surface area contributed by atoms with E-state index in [0.29, 0.717) is 10.6 Å². The van der Waals surface area contributed by atoms with Crippen LogP contribution in [-0.4, -0.2) is 42.8 Å². The molecule has 1 fully saturated rings. The molecule has 1 atom stereocenters. The van der Waals surface area contributed by atoms with E-state index in [9.17, 15) is 9.50 Å². The van der Waals surface area contributed by atoms with Gasteiger partial charge in [-0.25, -0.2) is 4.39 Å². The van der Waals surface area contributed by atoms with Gasteiger partial charge < -0.3 is 10.4 Å². The van der Waals surface area contributed by atoms with Crippen LogP contribution in [0.2, 0.25) is 5.02 Å². The van der Waals surface area contributed by atoms with E-state index in [1.165, 1.54) is 6.07 Å². The van der Waals surface area contributed by atoms with Crippen molar-refractivity contribution in [2.45, 2.75) is 19.9 Å². The Kier molecular flexibility index (Phi) is 6.88. The van der Waals surface area contributed by atoms with E-state index in [-0.39, 0.29) is 30.9 Å². The van der Waals surface area contributed by atoms with Crippen LogP contribution in [0.1, 0.15) is 25.5 Å². The molecule has 1 aliphatic heterocycles. The number of benzene rings is 1. The first-order valence-corrected chi connectivity index (χ1v) is 7.34. The van der Waals surface area contributed by atoms with Crippen LogP contribution in [0, 0.1) is 11.2 Å². The number of rotatable bonds is 4. The third kappa shape index (κ3) is 4.30. The average Bonchev–Trinajstić information content (AvgIpc) is 2.44. The van der Waals surface area contributed by atoms with Crippen molar-refractivity contribution in [2.75, 3.05) is 32.8 Å². The fourth-order valence-electron chi connectivity index (χ4n) is 2.86. The molecule has 0 bridgehead atoms. The van der Waals surface area contributed by atoms with Crippen LogP contribution in [0.4, 0.5) is 4.39 Å². The van der Waals surface area contributed by atoms with Gasteiger partial charge in [0.2, 0.25) is 0 Å².